The van der Waals surface area contributed by atoms with Crippen LogP contribution < -0.4 is 5.32 Å². The molecule has 0 aromatic rings. The van der Waals surface area contributed by atoms with Crippen LogP contribution in [0.2, 0.25) is 0 Å². The lowest BCUT2D eigenvalue weighted by Gasteiger charge is -2.22. The molecule has 1 N–H and O–H groups in total. The van der Waals surface area contributed by atoms with Crippen LogP contribution in [0.25, 0.3) is 0 Å². The standard InChI is InChI=1S/C12H27NO2/c1-6-14-9-10-15-11(2)7-8-13-12(3,4)5/h11,13H,6-10H2,1-5H3. The van der Waals surface area contributed by atoms with E-state index in [4.69, 9.17) is 9.47 Å². The molecule has 0 bridgehead atoms. The molecule has 1 atom stereocenters. The van der Waals surface area contributed by atoms with Gasteiger partial charge in [0.05, 0.1) is 19.3 Å². The fraction of sp³-hybridized carbons (Fsp3) is 1.00. The van der Waals surface area contributed by atoms with Crippen LogP contribution in [0.1, 0.15) is 41.0 Å². The molecular formula is C12H27NO2. The highest BCUT2D eigenvalue weighted by Crippen LogP contribution is 2.01. The first kappa shape index (κ1) is 14.9. The summed E-state index contributed by atoms with van der Waals surface area (Å²) < 4.78 is 10.8. The molecule has 0 saturated carbocycles. The molecule has 92 valence electrons. The zero-order valence-electron chi connectivity index (χ0n) is 10.9. The Bertz CT molecular complexity index is 143. The molecule has 0 aliphatic rings. The Morgan fingerprint density at radius 1 is 1.20 bits per heavy atom. The zero-order valence-corrected chi connectivity index (χ0v) is 10.9. The largest absolute Gasteiger partial charge is 0.379 e. The molecule has 0 aromatic carbocycles. The Morgan fingerprint density at radius 2 is 1.87 bits per heavy atom. The van der Waals surface area contributed by atoms with Crippen molar-refractivity contribution in [3.8, 4) is 0 Å². The summed E-state index contributed by atoms with van der Waals surface area (Å²) in [5.41, 5.74) is 0.199. The minimum absolute atomic E-state index is 0.199. The molecule has 0 aliphatic carbocycles. The first-order valence-corrected chi connectivity index (χ1v) is 5.90. The quantitative estimate of drug-likeness (QED) is 0.632. The van der Waals surface area contributed by atoms with Crippen molar-refractivity contribution in [3.63, 3.8) is 0 Å². The highest BCUT2D eigenvalue weighted by molar-refractivity contribution is 4.70. The minimum Gasteiger partial charge on any atom is -0.379 e. The molecule has 3 heteroatoms. The third kappa shape index (κ3) is 11.8. The Hall–Kier alpha value is -0.120. The molecule has 15 heavy (non-hydrogen) atoms. The van der Waals surface area contributed by atoms with Crippen LogP contribution in [0.15, 0.2) is 0 Å². The number of hydrogen-bond donors (Lipinski definition) is 1. The summed E-state index contributed by atoms with van der Waals surface area (Å²) in [6, 6.07) is 0. The van der Waals surface area contributed by atoms with E-state index in [0.717, 1.165) is 19.6 Å². The highest BCUT2D eigenvalue weighted by atomic mass is 16.5. The van der Waals surface area contributed by atoms with Gasteiger partial charge in [-0.3, -0.25) is 0 Å². The predicted octanol–water partition coefficient (Wildman–Crippen LogP) is 2.21. The van der Waals surface area contributed by atoms with Crippen LogP contribution in [0.4, 0.5) is 0 Å². The molecule has 0 fully saturated rings. The normalized spacial score (nSPS) is 14.2. The lowest BCUT2D eigenvalue weighted by Crippen LogP contribution is -2.37. The van der Waals surface area contributed by atoms with Crippen LogP contribution >= 0.6 is 0 Å². The number of rotatable bonds is 8. The van der Waals surface area contributed by atoms with E-state index in [-0.39, 0.29) is 5.54 Å². The Labute approximate surface area is 94.5 Å². The smallest absolute Gasteiger partial charge is 0.0704 e. The van der Waals surface area contributed by atoms with E-state index >= 15 is 0 Å². The molecule has 0 aromatic heterocycles. The van der Waals surface area contributed by atoms with E-state index in [1.807, 2.05) is 6.92 Å². The summed E-state index contributed by atoms with van der Waals surface area (Å²) in [4.78, 5) is 0. The van der Waals surface area contributed by atoms with Crippen LogP contribution in [0.3, 0.4) is 0 Å². The summed E-state index contributed by atoms with van der Waals surface area (Å²) in [5, 5.41) is 3.44. The fourth-order valence-corrected chi connectivity index (χ4v) is 1.19. The summed E-state index contributed by atoms with van der Waals surface area (Å²) >= 11 is 0. The number of hydrogen-bond acceptors (Lipinski definition) is 3. The van der Waals surface area contributed by atoms with Gasteiger partial charge in [0.2, 0.25) is 0 Å². The maximum absolute atomic E-state index is 5.59. The summed E-state index contributed by atoms with van der Waals surface area (Å²) in [7, 11) is 0. The summed E-state index contributed by atoms with van der Waals surface area (Å²) in [6.07, 6.45) is 1.35. The van der Waals surface area contributed by atoms with Gasteiger partial charge in [-0.2, -0.15) is 0 Å². The van der Waals surface area contributed by atoms with Gasteiger partial charge in [-0.25, -0.2) is 0 Å². The van der Waals surface area contributed by atoms with Gasteiger partial charge in [0.15, 0.2) is 0 Å². The Kier molecular flexibility index (Phi) is 8.02. The van der Waals surface area contributed by atoms with E-state index in [1.54, 1.807) is 0 Å². The topological polar surface area (TPSA) is 30.5 Å². The van der Waals surface area contributed by atoms with E-state index in [2.05, 4.69) is 33.0 Å². The van der Waals surface area contributed by atoms with Crippen molar-refractivity contribution < 1.29 is 9.47 Å². The second kappa shape index (κ2) is 8.08. The predicted molar refractivity (Wildman–Crippen MR) is 64.3 cm³/mol. The molecule has 1 unspecified atom stereocenters. The van der Waals surface area contributed by atoms with Crippen molar-refractivity contribution in [2.75, 3.05) is 26.4 Å². The van der Waals surface area contributed by atoms with Crippen molar-refractivity contribution in [2.45, 2.75) is 52.7 Å². The van der Waals surface area contributed by atoms with Crippen LogP contribution in [0.5, 0.6) is 0 Å². The van der Waals surface area contributed by atoms with Gasteiger partial charge in [-0.15, -0.1) is 0 Å². The van der Waals surface area contributed by atoms with E-state index < -0.39 is 0 Å². The molecule has 0 saturated heterocycles. The van der Waals surface area contributed by atoms with Gasteiger partial charge in [0.25, 0.3) is 0 Å². The third-order valence-electron chi connectivity index (χ3n) is 2.04. The minimum atomic E-state index is 0.199. The second-order valence-electron chi connectivity index (χ2n) is 4.84. The SMILES string of the molecule is CCOCCOC(C)CCNC(C)(C)C. The van der Waals surface area contributed by atoms with Gasteiger partial charge in [-0.1, -0.05) is 0 Å². The van der Waals surface area contributed by atoms with E-state index in [9.17, 15) is 0 Å². The average molecular weight is 217 g/mol. The summed E-state index contributed by atoms with van der Waals surface area (Å²) in [6.45, 7) is 13.8. The first-order chi connectivity index (χ1) is 6.95. The average Bonchev–Trinajstić information content (AvgIpc) is 2.10. The van der Waals surface area contributed by atoms with Crippen molar-refractivity contribution in [1.82, 2.24) is 5.32 Å². The van der Waals surface area contributed by atoms with Gasteiger partial charge >= 0.3 is 0 Å². The molecule has 0 heterocycles. The van der Waals surface area contributed by atoms with Crippen molar-refractivity contribution in [3.05, 3.63) is 0 Å². The Morgan fingerprint density at radius 3 is 2.40 bits per heavy atom. The fourth-order valence-electron chi connectivity index (χ4n) is 1.19. The lowest BCUT2D eigenvalue weighted by atomic mass is 10.1. The molecule has 3 nitrogen and oxygen atoms in total. The molecule has 0 spiro atoms. The Balaban J connectivity index is 3.29. The molecule has 0 amide bonds. The van der Waals surface area contributed by atoms with Crippen LogP contribution in [-0.4, -0.2) is 38.0 Å². The monoisotopic (exact) mass is 217 g/mol. The summed E-state index contributed by atoms with van der Waals surface area (Å²) in [5.74, 6) is 0. The van der Waals surface area contributed by atoms with Crippen molar-refractivity contribution >= 4 is 0 Å². The van der Waals surface area contributed by atoms with E-state index in [0.29, 0.717) is 19.3 Å². The third-order valence-corrected chi connectivity index (χ3v) is 2.04. The molecule has 0 aliphatic heterocycles. The number of nitrogens with one attached hydrogen (secondary N) is 1. The van der Waals surface area contributed by atoms with Gasteiger partial charge < -0.3 is 14.8 Å². The molecular weight excluding hydrogens is 190 g/mol. The molecule has 0 radical (unpaired) electrons. The first-order valence-electron chi connectivity index (χ1n) is 5.90. The zero-order chi connectivity index (χ0) is 11.7. The highest BCUT2D eigenvalue weighted by Gasteiger charge is 2.09. The van der Waals surface area contributed by atoms with Gasteiger partial charge in [0, 0.05) is 12.1 Å². The van der Waals surface area contributed by atoms with Gasteiger partial charge in [-0.05, 0) is 47.6 Å². The van der Waals surface area contributed by atoms with E-state index in [1.165, 1.54) is 0 Å². The molecule has 0 rings (SSSR count). The number of ether oxygens (including phenoxy) is 2. The maximum atomic E-state index is 5.59. The lowest BCUT2D eigenvalue weighted by molar-refractivity contribution is 0.0119. The van der Waals surface area contributed by atoms with Crippen molar-refractivity contribution in [2.24, 2.45) is 0 Å². The van der Waals surface area contributed by atoms with Crippen LogP contribution in [0, 0.1) is 0 Å². The van der Waals surface area contributed by atoms with Gasteiger partial charge in [0.1, 0.15) is 0 Å². The maximum Gasteiger partial charge on any atom is 0.0704 e. The second-order valence-corrected chi connectivity index (χ2v) is 4.84. The van der Waals surface area contributed by atoms with Crippen LogP contribution in [-0.2, 0) is 9.47 Å². The van der Waals surface area contributed by atoms with Crippen molar-refractivity contribution in [1.29, 1.82) is 0 Å².